The van der Waals surface area contributed by atoms with Crippen molar-refractivity contribution in [3.05, 3.63) is 78.9 Å². The Morgan fingerprint density at radius 3 is 2.07 bits per heavy atom. The topological polar surface area (TPSA) is 18.8 Å². The first-order valence-corrected chi connectivity index (χ1v) is 12.3. The number of para-hydroxylation sites is 3. The van der Waals surface area contributed by atoms with E-state index in [1.54, 1.807) is 0 Å². The molecule has 2 aliphatic rings. The van der Waals surface area contributed by atoms with E-state index < -0.39 is 0 Å². The van der Waals surface area contributed by atoms with E-state index in [2.05, 4.69) is 82.6 Å². The van der Waals surface area contributed by atoms with Gasteiger partial charge < -0.3 is 4.90 Å². The Kier molecular flexibility index (Phi) is 6.11. The number of aliphatic imine (C=N–C) groups is 1. The van der Waals surface area contributed by atoms with Crippen LogP contribution in [0.15, 0.2) is 93.6 Å². The van der Waals surface area contributed by atoms with Crippen LogP contribution >= 0.6 is 23.5 Å². The van der Waals surface area contributed by atoms with Gasteiger partial charge in [0.25, 0.3) is 0 Å². The zero-order chi connectivity index (χ0) is 20.2. The largest absolute Gasteiger partial charge is 0.303 e. The summed E-state index contributed by atoms with van der Waals surface area (Å²) in [4.78, 5) is 12.6. The zero-order valence-electron chi connectivity index (χ0n) is 16.9. The van der Waals surface area contributed by atoms with E-state index in [4.69, 9.17) is 4.99 Å². The van der Waals surface area contributed by atoms with Gasteiger partial charge in [-0.2, -0.15) is 0 Å². The van der Waals surface area contributed by atoms with Crippen LogP contribution in [0.5, 0.6) is 0 Å². The van der Waals surface area contributed by atoms with Gasteiger partial charge in [0.05, 0.1) is 17.1 Å². The fourth-order valence-corrected chi connectivity index (χ4v) is 6.03. The molecule has 0 spiro atoms. The van der Waals surface area contributed by atoms with Crippen LogP contribution in [0.4, 0.5) is 17.1 Å². The van der Waals surface area contributed by atoms with Gasteiger partial charge in [0.15, 0.2) is 5.17 Å². The normalized spacial score (nSPS) is 16.4. The molecular weight excluding hydrogens is 406 g/mol. The number of thioether (sulfide) groups is 1. The minimum atomic E-state index is 0.995. The molecule has 0 aliphatic carbocycles. The molecule has 30 heavy (non-hydrogen) atoms. The molecule has 0 N–H and O–H groups in total. The van der Waals surface area contributed by atoms with Crippen molar-refractivity contribution < 1.29 is 0 Å². The van der Waals surface area contributed by atoms with Gasteiger partial charge in [0.1, 0.15) is 0 Å². The van der Waals surface area contributed by atoms with Crippen LogP contribution in [0.3, 0.4) is 0 Å². The van der Waals surface area contributed by atoms with Crippen molar-refractivity contribution >= 4 is 45.8 Å². The van der Waals surface area contributed by atoms with E-state index in [-0.39, 0.29) is 0 Å². The number of fused-ring (bicyclic) bond motifs is 2. The monoisotopic (exact) mass is 431 g/mol. The summed E-state index contributed by atoms with van der Waals surface area (Å²) in [7, 11) is 0. The summed E-state index contributed by atoms with van der Waals surface area (Å²) in [6, 6.07) is 27.6. The second kappa shape index (κ2) is 9.29. The average Bonchev–Trinajstić information content (AvgIpc) is 3.31. The molecule has 0 saturated carbocycles. The van der Waals surface area contributed by atoms with Crippen LogP contribution in [0.2, 0.25) is 0 Å². The van der Waals surface area contributed by atoms with Crippen LogP contribution in [0.25, 0.3) is 0 Å². The highest BCUT2D eigenvalue weighted by Crippen LogP contribution is 2.49. The first-order chi connectivity index (χ1) is 14.9. The van der Waals surface area contributed by atoms with Gasteiger partial charge in [0, 0.05) is 22.1 Å². The van der Waals surface area contributed by atoms with Gasteiger partial charge in [-0.1, -0.05) is 66.0 Å². The minimum absolute atomic E-state index is 0.995. The van der Waals surface area contributed by atoms with Gasteiger partial charge in [-0.3, -0.25) is 4.90 Å². The lowest BCUT2D eigenvalue weighted by Crippen LogP contribution is -2.28. The van der Waals surface area contributed by atoms with Crippen LogP contribution in [-0.2, 0) is 0 Å². The molecule has 5 heteroatoms. The molecule has 5 rings (SSSR count). The van der Waals surface area contributed by atoms with Gasteiger partial charge in [-0.05, 0) is 62.3 Å². The maximum absolute atomic E-state index is 5.12. The fraction of sp³-hybridized carbons (Fsp3) is 0.240. The Balaban J connectivity index is 1.52. The Labute approximate surface area is 187 Å². The molecule has 0 unspecified atom stereocenters. The minimum Gasteiger partial charge on any atom is -0.303 e. The summed E-state index contributed by atoms with van der Waals surface area (Å²) in [6.07, 6.45) is 2.67. The van der Waals surface area contributed by atoms with E-state index >= 15 is 0 Å². The number of nitrogens with zero attached hydrogens (tertiary/aromatic N) is 3. The smallest absolute Gasteiger partial charge is 0.173 e. The molecule has 1 fully saturated rings. The van der Waals surface area contributed by atoms with Crippen molar-refractivity contribution in [3.8, 4) is 0 Å². The maximum Gasteiger partial charge on any atom is 0.173 e. The average molecular weight is 432 g/mol. The number of hydrogen-bond acceptors (Lipinski definition) is 4. The number of likely N-dealkylation sites (tertiary alicyclic amines) is 1. The summed E-state index contributed by atoms with van der Waals surface area (Å²) >= 11 is 3.70. The molecule has 0 aromatic heterocycles. The summed E-state index contributed by atoms with van der Waals surface area (Å²) in [5, 5.41) is 1.04. The summed E-state index contributed by atoms with van der Waals surface area (Å²) in [6.45, 7) is 3.58. The molecule has 3 nitrogen and oxygen atoms in total. The summed E-state index contributed by atoms with van der Waals surface area (Å²) in [5.74, 6) is 1.04. The Hall–Kier alpha value is -2.21. The zero-order valence-corrected chi connectivity index (χ0v) is 18.5. The highest BCUT2D eigenvalue weighted by atomic mass is 32.2. The third-order valence-electron chi connectivity index (χ3n) is 5.44. The fourth-order valence-electron chi connectivity index (χ4n) is 3.94. The van der Waals surface area contributed by atoms with Crippen molar-refractivity contribution in [2.24, 2.45) is 4.99 Å². The maximum atomic E-state index is 5.12. The van der Waals surface area contributed by atoms with Gasteiger partial charge in [-0.25, -0.2) is 4.99 Å². The molecule has 152 valence electrons. The third-order valence-corrected chi connectivity index (χ3v) is 7.49. The van der Waals surface area contributed by atoms with Gasteiger partial charge >= 0.3 is 0 Å². The molecule has 2 aliphatic heterocycles. The highest BCUT2D eigenvalue weighted by Gasteiger charge is 2.27. The van der Waals surface area contributed by atoms with Crippen molar-refractivity contribution in [2.45, 2.75) is 22.6 Å². The number of amidine groups is 1. The third kappa shape index (κ3) is 4.29. The van der Waals surface area contributed by atoms with E-state index in [9.17, 15) is 0 Å². The van der Waals surface area contributed by atoms with Crippen molar-refractivity contribution in [1.82, 2.24) is 4.90 Å². The first kappa shape index (κ1) is 19.7. The molecule has 0 atom stereocenters. The number of hydrogen-bond donors (Lipinski definition) is 0. The molecule has 3 aromatic carbocycles. The Morgan fingerprint density at radius 1 is 0.800 bits per heavy atom. The Morgan fingerprint density at radius 2 is 1.40 bits per heavy atom. The lowest BCUT2D eigenvalue weighted by Gasteiger charge is -2.33. The molecule has 0 bridgehead atoms. The predicted octanol–water partition coefficient (Wildman–Crippen LogP) is 6.81. The molecule has 0 radical (unpaired) electrons. The quantitative estimate of drug-likeness (QED) is 0.334. The summed E-state index contributed by atoms with van der Waals surface area (Å²) < 4.78 is 0. The number of benzene rings is 3. The molecule has 3 aromatic rings. The predicted molar refractivity (Wildman–Crippen MR) is 131 cm³/mol. The lowest BCUT2D eigenvalue weighted by atomic mass is 10.2. The second-order valence-electron chi connectivity index (χ2n) is 7.50. The van der Waals surface area contributed by atoms with Gasteiger partial charge in [0.2, 0.25) is 0 Å². The SMILES string of the molecule is c1ccc(N=C(SCCN2CCCC2)N2c3ccccc3Sc3ccccc32)cc1. The molecule has 0 amide bonds. The van der Waals surface area contributed by atoms with Gasteiger partial charge in [-0.15, -0.1) is 0 Å². The standard InChI is InChI=1S/C25H25N3S2/c1-2-10-20(11-3-1)26-25(29-19-18-27-16-8-9-17-27)28-21-12-4-6-14-23(21)30-24-15-7-5-13-22(24)28/h1-7,10-15H,8-9,16-19H2. The number of rotatable bonds is 4. The van der Waals surface area contributed by atoms with E-state index in [0.717, 1.165) is 23.2 Å². The molecule has 1 saturated heterocycles. The van der Waals surface area contributed by atoms with E-state index in [0.29, 0.717) is 0 Å². The summed E-state index contributed by atoms with van der Waals surface area (Å²) in [5.41, 5.74) is 3.42. The van der Waals surface area contributed by atoms with Crippen LogP contribution in [-0.4, -0.2) is 35.5 Å². The Bertz CT molecular complexity index is 984. The van der Waals surface area contributed by atoms with Crippen LogP contribution in [0, 0.1) is 0 Å². The highest BCUT2D eigenvalue weighted by molar-refractivity contribution is 8.14. The van der Waals surface area contributed by atoms with E-state index in [1.165, 1.54) is 47.1 Å². The molecule has 2 heterocycles. The first-order valence-electron chi connectivity index (χ1n) is 10.5. The van der Waals surface area contributed by atoms with Crippen molar-refractivity contribution in [2.75, 3.05) is 30.3 Å². The number of anilines is 2. The van der Waals surface area contributed by atoms with E-state index in [1.807, 2.05) is 29.6 Å². The lowest BCUT2D eigenvalue weighted by molar-refractivity contribution is 0.362. The van der Waals surface area contributed by atoms with Crippen LogP contribution < -0.4 is 4.90 Å². The van der Waals surface area contributed by atoms with Crippen molar-refractivity contribution in [1.29, 1.82) is 0 Å². The molecular formula is C25H25N3S2. The van der Waals surface area contributed by atoms with Crippen molar-refractivity contribution in [3.63, 3.8) is 0 Å². The second-order valence-corrected chi connectivity index (χ2v) is 9.65. The van der Waals surface area contributed by atoms with Crippen LogP contribution in [0.1, 0.15) is 12.8 Å².